The van der Waals surface area contributed by atoms with E-state index in [1.807, 2.05) is 30.5 Å². The number of thioether (sulfide) groups is 1. The molecule has 2 aromatic heterocycles. The number of nitrogens with zero attached hydrogens (tertiary/aromatic N) is 2. The molecular formula is C18H20N4O2S. The van der Waals surface area contributed by atoms with Gasteiger partial charge in [0.05, 0.1) is 11.3 Å². The first-order valence-electron chi connectivity index (χ1n) is 8.62. The summed E-state index contributed by atoms with van der Waals surface area (Å²) in [5.74, 6) is 0.794. The van der Waals surface area contributed by atoms with Crippen LogP contribution in [0, 0.1) is 0 Å². The Morgan fingerprint density at radius 2 is 2.08 bits per heavy atom. The summed E-state index contributed by atoms with van der Waals surface area (Å²) in [5.41, 5.74) is 1.90. The van der Waals surface area contributed by atoms with Crippen molar-refractivity contribution in [3.05, 3.63) is 30.5 Å². The normalized spacial score (nSPS) is 15.5. The van der Waals surface area contributed by atoms with Crippen molar-refractivity contribution in [1.29, 1.82) is 0 Å². The zero-order valence-corrected chi connectivity index (χ0v) is 14.6. The number of carbonyl (C=O) groups is 1. The molecule has 7 heteroatoms. The summed E-state index contributed by atoms with van der Waals surface area (Å²) in [7, 11) is 0. The van der Waals surface area contributed by atoms with E-state index in [4.69, 9.17) is 4.42 Å². The van der Waals surface area contributed by atoms with E-state index in [1.165, 1.54) is 31.0 Å². The minimum Gasteiger partial charge on any atom is -0.411 e. The molecule has 0 aliphatic heterocycles. The van der Waals surface area contributed by atoms with Gasteiger partial charge in [-0.15, -0.1) is 10.2 Å². The highest BCUT2D eigenvalue weighted by Crippen LogP contribution is 2.29. The van der Waals surface area contributed by atoms with Crippen LogP contribution in [0.2, 0.25) is 0 Å². The molecule has 6 nitrogen and oxygen atoms in total. The average molecular weight is 356 g/mol. The lowest BCUT2D eigenvalue weighted by Gasteiger charge is -2.22. The number of aromatic nitrogens is 3. The number of fused-ring (bicyclic) bond motifs is 1. The van der Waals surface area contributed by atoms with Crippen molar-refractivity contribution in [2.75, 3.05) is 5.75 Å². The molecule has 1 amide bonds. The zero-order valence-electron chi connectivity index (χ0n) is 13.8. The minimum atomic E-state index is 0.0312. The Morgan fingerprint density at radius 1 is 1.24 bits per heavy atom. The highest BCUT2D eigenvalue weighted by Gasteiger charge is 2.17. The Bertz CT molecular complexity index is 867. The smallest absolute Gasteiger partial charge is 0.277 e. The number of hydrogen-bond acceptors (Lipinski definition) is 5. The minimum absolute atomic E-state index is 0.0312. The lowest BCUT2D eigenvalue weighted by atomic mass is 9.95. The maximum atomic E-state index is 12.1. The third-order valence-corrected chi connectivity index (χ3v) is 5.34. The van der Waals surface area contributed by atoms with Gasteiger partial charge in [-0.05, 0) is 18.9 Å². The first-order valence-corrected chi connectivity index (χ1v) is 9.60. The Morgan fingerprint density at radius 3 is 2.96 bits per heavy atom. The summed E-state index contributed by atoms with van der Waals surface area (Å²) < 4.78 is 5.72. The van der Waals surface area contributed by atoms with Crippen LogP contribution >= 0.6 is 11.8 Å². The Labute approximate surface area is 149 Å². The molecular weight excluding hydrogens is 336 g/mol. The highest BCUT2D eigenvalue weighted by atomic mass is 32.2. The van der Waals surface area contributed by atoms with Crippen LogP contribution < -0.4 is 5.32 Å². The summed E-state index contributed by atoms with van der Waals surface area (Å²) in [6.45, 7) is 0. The first-order chi connectivity index (χ1) is 12.3. The van der Waals surface area contributed by atoms with Crippen LogP contribution in [0.15, 0.2) is 40.1 Å². The van der Waals surface area contributed by atoms with E-state index in [9.17, 15) is 4.79 Å². The predicted molar refractivity (Wildman–Crippen MR) is 97.3 cm³/mol. The van der Waals surface area contributed by atoms with Crippen LogP contribution in [0.5, 0.6) is 0 Å². The van der Waals surface area contributed by atoms with Gasteiger partial charge in [-0.25, -0.2) is 0 Å². The molecule has 4 rings (SSSR count). The Hall–Kier alpha value is -2.28. The molecule has 0 radical (unpaired) electrons. The molecule has 1 saturated carbocycles. The molecule has 2 heterocycles. The number of H-pyrrole nitrogens is 1. The molecule has 1 aromatic carbocycles. The molecule has 0 spiro atoms. The number of benzene rings is 1. The van der Waals surface area contributed by atoms with E-state index in [-0.39, 0.29) is 5.91 Å². The largest absolute Gasteiger partial charge is 0.411 e. The number of nitrogens with one attached hydrogen (secondary N) is 2. The fourth-order valence-corrected chi connectivity index (χ4v) is 3.84. The van der Waals surface area contributed by atoms with Crippen molar-refractivity contribution in [1.82, 2.24) is 20.5 Å². The molecule has 0 bridgehead atoms. The van der Waals surface area contributed by atoms with Crippen LogP contribution in [0.4, 0.5) is 0 Å². The van der Waals surface area contributed by atoms with Crippen molar-refractivity contribution < 1.29 is 9.21 Å². The van der Waals surface area contributed by atoms with Crippen LogP contribution in [-0.2, 0) is 4.79 Å². The van der Waals surface area contributed by atoms with Crippen molar-refractivity contribution in [2.45, 2.75) is 43.4 Å². The third kappa shape index (κ3) is 3.71. The molecule has 0 saturated heterocycles. The summed E-state index contributed by atoms with van der Waals surface area (Å²) in [5, 5.41) is 12.7. The number of aromatic amines is 1. The van der Waals surface area contributed by atoms with Crippen molar-refractivity contribution in [3.63, 3.8) is 0 Å². The topological polar surface area (TPSA) is 83.8 Å². The monoisotopic (exact) mass is 356 g/mol. The quantitative estimate of drug-likeness (QED) is 0.680. The van der Waals surface area contributed by atoms with Crippen LogP contribution in [-0.4, -0.2) is 32.9 Å². The van der Waals surface area contributed by atoms with Gasteiger partial charge >= 0.3 is 0 Å². The molecule has 1 fully saturated rings. The van der Waals surface area contributed by atoms with Gasteiger partial charge in [0.15, 0.2) is 0 Å². The predicted octanol–water partition coefficient (Wildman–Crippen LogP) is 3.76. The molecule has 0 unspecified atom stereocenters. The number of rotatable bonds is 5. The molecule has 1 aliphatic carbocycles. The lowest BCUT2D eigenvalue weighted by Crippen LogP contribution is -2.37. The number of para-hydroxylation sites is 1. The summed E-state index contributed by atoms with van der Waals surface area (Å²) in [6.07, 6.45) is 7.72. The van der Waals surface area contributed by atoms with Gasteiger partial charge in [0.2, 0.25) is 5.91 Å². The first kappa shape index (κ1) is 16.2. The molecule has 25 heavy (non-hydrogen) atoms. The standard InChI is InChI=1S/C18H20N4O2S/c23-16(20-12-6-2-1-3-7-12)11-25-18-22-21-17(24-18)14-10-19-15-9-5-4-8-13(14)15/h4-5,8-10,12,19H,1-3,6-7,11H2,(H,20,23). The van der Waals surface area contributed by atoms with Gasteiger partial charge in [0, 0.05) is 23.1 Å². The molecule has 1 aliphatic rings. The van der Waals surface area contributed by atoms with Gasteiger partial charge in [-0.3, -0.25) is 4.79 Å². The second-order valence-corrected chi connectivity index (χ2v) is 7.24. The molecule has 0 atom stereocenters. The van der Waals surface area contributed by atoms with Crippen molar-refractivity contribution in [3.8, 4) is 11.5 Å². The summed E-state index contributed by atoms with van der Waals surface area (Å²) >= 11 is 1.28. The van der Waals surface area contributed by atoms with Crippen LogP contribution in [0.25, 0.3) is 22.4 Å². The summed E-state index contributed by atoms with van der Waals surface area (Å²) in [6, 6.07) is 8.28. The molecule has 130 valence electrons. The van der Waals surface area contributed by atoms with Crippen molar-refractivity contribution >= 4 is 28.6 Å². The molecule has 3 aromatic rings. The second-order valence-electron chi connectivity index (χ2n) is 6.31. The van der Waals surface area contributed by atoms with E-state index < -0.39 is 0 Å². The van der Waals surface area contributed by atoms with E-state index in [0.717, 1.165) is 29.3 Å². The van der Waals surface area contributed by atoms with E-state index >= 15 is 0 Å². The second kappa shape index (κ2) is 7.31. The average Bonchev–Trinajstić information content (AvgIpc) is 3.27. The van der Waals surface area contributed by atoms with Gasteiger partial charge in [-0.1, -0.05) is 49.2 Å². The fraction of sp³-hybridized carbons (Fsp3) is 0.389. The maximum absolute atomic E-state index is 12.1. The summed E-state index contributed by atoms with van der Waals surface area (Å²) in [4.78, 5) is 15.3. The van der Waals surface area contributed by atoms with E-state index in [2.05, 4.69) is 20.5 Å². The highest BCUT2D eigenvalue weighted by molar-refractivity contribution is 7.99. The Kier molecular flexibility index (Phi) is 4.74. The third-order valence-electron chi connectivity index (χ3n) is 4.52. The maximum Gasteiger partial charge on any atom is 0.277 e. The van der Waals surface area contributed by atoms with Crippen molar-refractivity contribution in [2.24, 2.45) is 0 Å². The zero-order chi connectivity index (χ0) is 17.1. The van der Waals surface area contributed by atoms with Gasteiger partial charge in [0.25, 0.3) is 11.1 Å². The lowest BCUT2D eigenvalue weighted by molar-refractivity contribution is -0.119. The number of amides is 1. The number of carbonyl (C=O) groups excluding carboxylic acids is 1. The molecule has 2 N–H and O–H groups in total. The fourth-order valence-electron chi connectivity index (χ4n) is 3.27. The van der Waals surface area contributed by atoms with Gasteiger partial charge in [0.1, 0.15) is 0 Å². The van der Waals surface area contributed by atoms with Crippen LogP contribution in [0.3, 0.4) is 0 Å². The Balaban J connectivity index is 1.37. The van der Waals surface area contributed by atoms with Gasteiger partial charge < -0.3 is 14.7 Å². The van der Waals surface area contributed by atoms with Gasteiger partial charge in [-0.2, -0.15) is 0 Å². The SMILES string of the molecule is O=C(CSc1nnc(-c2c[nH]c3ccccc23)o1)NC1CCCCC1. The van der Waals surface area contributed by atoms with E-state index in [0.29, 0.717) is 22.9 Å². The van der Waals surface area contributed by atoms with Crippen LogP contribution in [0.1, 0.15) is 32.1 Å². The number of hydrogen-bond donors (Lipinski definition) is 2. The van der Waals surface area contributed by atoms with E-state index in [1.54, 1.807) is 0 Å².